The van der Waals surface area contributed by atoms with Crippen molar-refractivity contribution in [2.45, 2.75) is 17.9 Å². The second kappa shape index (κ2) is 4.29. The second-order valence-electron chi connectivity index (χ2n) is 2.96. The molecule has 7 heteroatoms. The summed E-state index contributed by atoms with van der Waals surface area (Å²) in [5.74, 6) is 0.258. The molecule has 0 aliphatic rings. The Kier molecular flexibility index (Phi) is 3.52. The number of nitrogens with one attached hydrogen (secondary N) is 1. The smallest absolute Gasteiger partial charge is 0.246 e. The van der Waals surface area contributed by atoms with E-state index < -0.39 is 10.0 Å². The summed E-state index contributed by atoms with van der Waals surface area (Å²) in [4.78, 5) is 0.150. The summed E-state index contributed by atoms with van der Waals surface area (Å²) in [6.07, 6.45) is 2.61. The van der Waals surface area contributed by atoms with E-state index in [0.29, 0.717) is 0 Å². The first-order valence-electron chi connectivity index (χ1n) is 4.03. The molecule has 14 heavy (non-hydrogen) atoms. The first kappa shape index (κ1) is 11.5. The number of aromatic nitrogens is 2. The molecular weight excluding hydrogens is 226 g/mol. The topological polar surface area (TPSA) is 66.1 Å². The van der Waals surface area contributed by atoms with Crippen LogP contribution in [0.5, 0.6) is 0 Å². The predicted molar refractivity (Wildman–Crippen MR) is 53.7 cm³/mol. The van der Waals surface area contributed by atoms with E-state index in [1.54, 1.807) is 6.92 Å². The highest BCUT2D eigenvalue weighted by atomic mass is 35.5. The molecule has 0 aliphatic heterocycles. The Morgan fingerprint density at radius 2 is 2.36 bits per heavy atom. The van der Waals surface area contributed by atoms with Crippen LogP contribution < -0.4 is 0 Å². The van der Waals surface area contributed by atoms with Crippen molar-refractivity contribution in [2.24, 2.45) is 0 Å². The molecule has 1 N–H and O–H groups in total. The highest BCUT2D eigenvalue weighted by Crippen LogP contribution is 2.14. The Balaban J connectivity index is 2.97. The molecule has 1 atom stereocenters. The maximum absolute atomic E-state index is 11.8. The molecule has 5 nitrogen and oxygen atoms in total. The summed E-state index contributed by atoms with van der Waals surface area (Å²) in [5.41, 5.74) is 0. The van der Waals surface area contributed by atoms with Crippen LogP contribution in [0.2, 0.25) is 0 Å². The van der Waals surface area contributed by atoms with Crippen LogP contribution in [0.25, 0.3) is 0 Å². The van der Waals surface area contributed by atoms with Crippen molar-refractivity contribution in [1.29, 1.82) is 0 Å². The fourth-order valence-electron chi connectivity index (χ4n) is 0.880. The zero-order valence-electron chi connectivity index (χ0n) is 7.94. The summed E-state index contributed by atoms with van der Waals surface area (Å²) < 4.78 is 24.8. The van der Waals surface area contributed by atoms with Crippen molar-refractivity contribution in [3.63, 3.8) is 0 Å². The van der Waals surface area contributed by atoms with Gasteiger partial charge in [0.15, 0.2) is 0 Å². The number of nitrogens with zero attached hydrogens (tertiary/aromatic N) is 2. The van der Waals surface area contributed by atoms with Crippen LogP contribution in [0, 0.1) is 0 Å². The minimum atomic E-state index is -3.45. The molecule has 0 spiro atoms. The average Bonchev–Trinajstić information content (AvgIpc) is 2.68. The first-order valence-corrected chi connectivity index (χ1v) is 6.00. The summed E-state index contributed by atoms with van der Waals surface area (Å²) >= 11 is 5.58. The minimum Gasteiger partial charge on any atom is -0.284 e. The second-order valence-corrected chi connectivity index (χ2v) is 5.26. The van der Waals surface area contributed by atoms with Gasteiger partial charge in [0.05, 0.1) is 6.20 Å². The van der Waals surface area contributed by atoms with Gasteiger partial charge in [-0.2, -0.15) is 9.40 Å². The normalized spacial score (nSPS) is 14.6. The van der Waals surface area contributed by atoms with Gasteiger partial charge in [0, 0.05) is 25.2 Å². The van der Waals surface area contributed by atoms with Crippen LogP contribution in [0.15, 0.2) is 17.3 Å². The van der Waals surface area contributed by atoms with E-state index in [0.717, 1.165) is 0 Å². The summed E-state index contributed by atoms with van der Waals surface area (Å²) in [6, 6.07) is -0.239. The van der Waals surface area contributed by atoms with Gasteiger partial charge in [-0.3, -0.25) is 5.10 Å². The molecule has 1 aromatic heterocycles. The molecule has 1 aromatic rings. The van der Waals surface area contributed by atoms with Crippen molar-refractivity contribution >= 4 is 21.6 Å². The maximum Gasteiger partial charge on any atom is 0.246 e. The quantitative estimate of drug-likeness (QED) is 0.783. The van der Waals surface area contributed by atoms with Crippen LogP contribution in [-0.4, -0.2) is 41.9 Å². The fourth-order valence-corrected chi connectivity index (χ4v) is 2.44. The van der Waals surface area contributed by atoms with E-state index in [-0.39, 0.29) is 16.8 Å². The molecule has 0 aromatic carbocycles. The van der Waals surface area contributed by atoms with Crippen LogP contribution in [0.1, 0.15) is 6.92 Å². The molecule has 0 radical (unpaired) electrons. The zero-order valence-corrected chi connectivity index (χ0v) is 9.51. The van der Waals surface area contributed by atoms with E-state index in [4.69, 9.17) is 11.6 Å². The van der Waals surface area contributed by atoms with Gasteiger partial charge in [-0.15, -0.1) is 11.6 Å². The summed E-state index contributed by atoms with van der Waals surface area (Å²) in [7, 11) is -1.96. The average molecular weight is 238 g/mol. The number of hydrogen-bond acceptors (Lipinski definition) is 3. The lowest BCUT2D eigenvalue weighted by Gasteiger charge is -2.21. The third-order valence-corrected chi connectivity index (χ3v) is 4.38. The Morgan fingerprint density at radius 1 is 1.71 bits per heavy atom. The van der Waals surface area contributed by atoms with E-state index in [2.05, 4.69) is 10.2 Å². The summed E-state index contributed by atoms with van der Waals surface area (Å²) in [5, 5.41) is 6.05. The van der Waals surface area contributed by atoms with Gasteiger partial charge in [0.1, 0.15) is 4.90 Å². The third-order valence-electron chi connectivity index (χ3n) is 1.99. The number of alkyl halides is 1. The van der Waals surface area contributed by atoms with Crippen LogP contribution >= 0.6 is 11.6 Å². The van der Waals surface area contributed by atoms with E-state index in [1.165, 1.54) is 23.7 Å². The molecule has 1 heterocycles. The van der Waals surface area contributed by atoms with Gasteiger partial charge in [0.2, 0.25) is 10.0 Å². The van der Waals surface area contributed by atoms with Gasteiger partial charge in [-0.1, -0.05) is 0 Å². The zero-order chi connectivity index (χ0) is 10.8. The Hall–Kier alpha value is -0.590. The van der Waals surface area contributed by atoms with Crippen molar-refractivity contribution in [3.05, 3.63) is 12.4 Å². The van der Waals surface area contributed by atoms with E-state index >= 15 is 0 Å². The molecule has 1 unspecified atom stereocenters. The summed E-state index contributed by atoms with van der Waals surface area (Å²) in [6.45, 7) is 1.74. The monoisotopic (exact) mass is 237 g/mol. The Labute approximate surface area is 88.1 Å². The lowest BCUT2D eigenvalue weighted by Crippen LogP contribution is -2.35. The molecular formula is C7H12ClN3O2S. The molecule has 0 amide bonds. The molecule has 0 saturated heterocycles. The first-order chi connectivity index (χ1) is 6.50. The van der Waals surface area contributed by atoms with Gasteiger partial charge in [0.25, 0.3) is 0 Å². The van der Waals surface area contributed by atoms with Crippen molar-refractivity contribution in [3.8, 4) is 0 Å². The predicted octanol–water partition coefficient (Wildman–Crippen LogP) is 0.658. The highest BCUT2D eigenvalue weighted by Gasteiger charge is 2.25. The standard InChI is InChI=1S/C7H12ClN3O2S/c1-6(3-8)11(2)14(12,13)7-4-9-10-5-7/h4-6H,3H2,1-2H3,(H,9,10). The maximum atomic E-state index is 11.8. The largest absolute Gasteiger partial charge is 0.284 e. The molecule has 0 saturated carbocycles. The van der Waals surface area contributed by atoms with Gasteiger partial charge in [-0.05, 0) is 6.92 Å². The molecule has 1 rings (SSSR count). The van der Waals surface area contributed by atoms with Gasteiger partial charge < -0.3 is 0 Å². The number of hydrogen-bond donors (Lipinski definition) is 1. The molecule has 0 aliphatic carbocycles. The number of halogens is 1. The fraction of sp³-hybridized carbons (Fsp3) is 0.571. The number of aromatic amines is 1. The van der Waals surface area contributed by atoms with Gasteiger partial charge in [-0.25, -0.2) is 8.42 Å². The van der Waals surface area contributed by atoms with Crippen molar-refractivity contribution in [2.75, 3.05) is 12.9 Å². The lowest BCUT2D eigenvalue weighted by atomic mass is 10.4. The SMILES string of the molecule is CC(CCl)N(C)S(=O)(=O)c1cn[nH]c1. The van der Waals surface area contributed by atoms with Gasteiger partial charge >= 0.3 is 0 Å². The molecule has 0 bridgehead atoms. The molecule has 80 valence electrons. The van der Waals surface area contributed by atoms with Crippen molar-refractivity contribution < 1.29 is 8.42 Å². The van der Waals surface area contributed by atoms with Crippen molar-refractivity contribution in [1.82, 2.24) is 14.5 Å². The number of sulfonamides is 1. The molecule has 0 fully saturated rings. The van der Waals surface area contributed by atoms with Crippen LogP contribution in [0.4, 0.5) is 0 Å². The highest BCUT2D eigenvalue weighted by molar-refractivity contribution is 7.89. The third kappa shape index (κ3) is 2.08. The van der Waals surface area contributed by atoms with Crippen LogP contribution in [0.3, 0.4) is 0 Å². The Morgan fingerprint density at radius 3 is 2.79 bits per heavy atom. The lowest BCUT2D eigenvalue weighted by molar-refractivity contribution is 0.413. The Bertz CT molecular complexity index is 376. The van der Waals surface area contributed by atoms with Crippen LogP contribution in [-0.2, 0) is 10.0 Å². The van der Waals surface area contributed by atoms with E-state index in [9.17, 15) is 8.42 Å². The minimum absolute atomic E-state index is 0.150. The van der Waals surface area contributed by atoms with E-state index in [1.807, 2.05) is 0 Å². The number of rotatable bonds is 4. The number of H-pyrrole nitrogens is 1.